The van der Waals surface area contributed by atoms with E-state index in [1.807, 2.05) is 32.3 Å². The minimum atomic E-state index is -0.481. The van der Waals surface area contributed by atoms with E-state index in [1.54, 1.807) is 24.3 Å². The van der Waals surface area contributed by atoms with Gasteiger partial charge in [-0.15, -0.1) is 0 Å². The third-order valence-electron chi connectivity index (χ3n) is 5.24. The molecule has 0 bridgehead atoms. The first-order chi connectivity index (χ1) is 12.7. The van der Waals surface area contributed by atoms with E-state index in [2.05, 4.69) is 5.32 Å². The van der Waals surface area contributed by atoms with E-state index in [9.17, 15) is 14.4 Å². The van der Waals surface area contributed by atoms with Crippen LogP contribution >= 0.6 is 0 Å². The van der Waals surface area contributed by atoms with E-state index >= 15 is 0 Å². The number of carbonyl (C=O) groups is 2. The molecule has 1 saturated carbocycles. The summed E-state index contributed by atoms with van der Waals surface area (Å²) in [6.45, 7) is 8.49. The van der Waals surface area contributed by atoms with Crippen molar-refractivity contribution >= 4 is 11.8 Å². The maximum Gasteiger partial charge on any atom is 0.259 e. The van der Waals surface area contributed by atoms with Gasteiger partial charge in [0.1, 0.15) is 11.1 Å². The molecule has 1 N–H and O–H groups in total. The Morgan fingerprint density at radius 3 is 2.33 bits per heavy atom. The zero-order valence-electron chi connectivity index (χ0n) is 17.2. The minimum Gasteiger partial charge on any atom is -0.349 e. The molecule has 1 unspecified atom stereocenters. The zero-order chi connectivity index (χ0) is 20.1. The molecular weight excluding hydrogens is 342 g/mol. The van der Waals surface area contributed by atoms with Crippen LogP contribution in [0.3, 0.4) is 0 Å². The minimum absolute atomic E-state index is 0.0280. The summed E-state index contributed by atoms with van der Waals surface area (Å²) in [5.74, 6) is -0.422. The highest BCUT2D eigenvalue weighted by Gasteiger charge is 2.25. The van der Waals surface area contributed by atoms with Crippen molar-refractivity contribution in [2.24, 2.45) is 5.92 Å². The van der Waals surface area contributed by atoms with Crippen LogP contribution < -0.4 is 10.7 Å². The maximum absolute atomic E-state index is 13.0. The Kier molecular flexibility index (Phi) is 7.22. The van der Waals surface area contributed by atoms with E-state index in [1.165, 1.54) is 0 Å². The summed E-state index contributed by atoms with van der Waals surface area (Å²) in [5.41, 5.74) is -0.335. The van der Waals surface area contributed by atoms with E-state index in [4.69, 9.17) is 0 Å². The molecule has 2 amide bonds. The summed E-state index contributed by atoms with van der Waals surface area (Å²) >= 11 is 0. The molecule has 27 heavy (non-hydrogen) atoms. The lowest BCUT2D eigenvalue weighted by Gasteiger charge is -2.22. The largest absolute Gasteiger partial charge is 0.349 e. The summed E-state index contributed by atoms with van der Waals surface area (Å²) in [7, 11) is 1.70. The summed E-state index contributed by atoms with van der Waals surface area (Å²) in [6.07, 6.45) is 8.32. The van der Waals surface area contributed by atoms with E-state index in [0.29, 0.717) is 12.5 Å². The van der Waals surface area contributed by atoms with Crippen LogP contribution in [0.1, 0.15) is 86.6 Å². The Morgan fingerprint density at radius 1 is 1.19 bits per heavy atom. The van der Waals surface area contributed by atoms with Gasteiger partial charge in [-0.3, -0.25) is 14.4 Å². The van der Waals surface area contributed by atoms with Gasteiger partial charge in [-0.2, -0.15) is 0 Å². The van der Waals surface area contributed by atoms with E-state index < -0.39 is 11.3 Å². The molecule has 0 spiro atoms. The van der Waals surface area contributed by atoms with Gasteiger partial charge in [0.05, 0.1) is 0 Å². The molecule has 2 rings (SSSR count). The first-order valence-corrected chi connectivity index (χ1v) is 10.1. The predicted octanol–water partition coefficient (Wildman–Crippen LogP) is 3.22. The van der Waals surface area contributed by atoms with Gasteiger partial charge in [-0.25, -0.2) is 0 Å². The van der Waals surface area contributed by atoms with Crippen molar-refractivity contribution in [3.05, 3.63) is 33.7 Å². The summed E-state index contributed by atoms with van der Waals surface area (Å²) in [6, 6.07) is 0.211. The number of amides is 2. The molecule has 150 valence electrons. The zero-order valence-corrected chi connectivity index (χ0v) is 17.2. The highest BCUT2D eigenvalue weighted by atomic mass is 16.2. The number of aromatic nitrogens is 1. The highest BCUT2D eigenvalue weighted by molar-refractivity contribution is 5.99. The predicted molar refractivity (Wildman–Crippen MR) is 107 cm³/mol. The van der Waals surface area contributed by atoms with Gasteiger partial charge in [-0.05, 0) is 32.1 Å². The lowest BCUT2D eigenvalue weighted by Crippen LogP contribution is -2.39. The van der Waals surface area contributed by atoms with Crippen molar-refractivity contribution < 1.29 is 9.59 Å². The Morgan fingerprint density at radius 2 is 1.78 bits per heavy atom. The summed E-state index contributed by atoms with van der Waals surface area (Å²) < 4.78 is 1.91. The van der Waals surface area contributed by atoms with Crippen LogP contribution in [-0.2, 0) is 0 Å². The average Bonchev–Trinajstić information content (AvgIpc) is 3.15. The molecule has 1 fully saturated rings. The topological polar surface area (TPSA) is 71.4 Å². The smallest absolute Gasteiger partial charge is 0.259 e. The molecule has 0 aliphatic heterocycles. The molecule has 0 radical (unpaired) electrons. The van der Waals surface area contributed by atoms with Gasteiger partial charge in [-0.1, -0.05) is 33.6 Å². The van der Waals surface area contributed by atoms with Crippen LogP contribution in [0.25, 0.3) is 0 Å². The Balaban J connectivity index is 2.46. The third kappa shape index (κ3) is 5.21. The van der Waals surface area contributed by atoms with Crippen molar-refractivity contribution in [3.63, 3.8) is 0 Å². The van der Waals surface area contributed by atoms with Crippen molar-refractivity contribution in [2.45, 2.75) is 71.9 Å². The van der Waals surface area contributed by atoms with Gasteiger partial charge in [0.25, 0.3) is 11.8 Å². The van der Waals surface area contributed by atoms with Gasteiger partial charge in [0.2, 0.25) is 5.43 Å². The number of pyridine rings is 1. The van der Waals surface area contributed by atoms with Crippen LogP contribution in [-0.4, -0.2) is 40.9 Å². The van der Waals surface area contributed by atoms with Crippen LogP contribution in [0.5, 0.6) is 0 Å². The highest BCUT2D eigenvalue weighted by Crippen LogP contribution is 2.29. The molecule has 1 heterocycles. The molecular formula is C21H33N3O3. The molecule has 1 aromatic rings. The first kappa shape index (κ1) is 21.2. The Labute approximate surface area is 161 Å². The van der Waals surface area contributed by atoms with Crippen LogP contribution in [0.15, 0.2) is 17.2 Å². The second kappa shape index (κ2) is 9.20. The van der Waals surface area contributed by atoms with Gasteiger partial charge < -0.3 is 14.8 Å². The number of rotatable bonds is 7. The third-order valence-corrected chi connectivity index (χ3v) is 5.24. The maximum atomic E-state index is 13.0. The quantitative estimate of drug-likeness (QED) is 0.795. The molecule has 0 aromatic carbocycles. The molecule has 6 nitrogen and oxygen atoms in total. The van der Waals surface area contributed by atoms with Gasteiger partial charge in [0.15, 0.2) is 0 Å². The van der Waals surface area contributed by atoms with Crippen molar-refractivity contribution in [2.75, 3.05) is 13.6 Å². The average molecular weight is 376 g/mol. The molecule has 1 aromatic heterocycles. The summed E-state index contributed by atoms with van der Waals surface area (Å²) in [4.78, 5) is 40.1. The number of nitrogens with zero attached hydrogens (tertiary/aromatic N) is 2. The monoisotopic (exact) mass is 375 g/mol. The van der Waals surface area contributed by atoms with Gasteiger partial charge in [0, 0.05) is 38.1 Å². The van der Waals surface area contributed by atoms with Crippen molar-refractivity contribution in [1.29, 1.82) is 0 Å². The van der Waals surface area contributed by atoms with E-state index in [0.717, 1.165) is 32.1 Å². The fourth-order valence-corrected chi connectivity index (χ4v) is 3.56. The number of hydrogen-bond donors (Lipinski definition) is 1. The molecule has 1 atom stereocenters. The SMILES string of the molecule is CCC(C)NC(=O)c1cn(C2CCCC2)cc(C(=O)N(C)CC(C)C)c1=O. The summed E-state index contributed by atoms with van der Waals surface area (Å²) in [5, 5.41) is 2.85. The molecule has 0 saturated heterocycles. The molecule has 1 aliphatic carbocycles. The van der Waals surface area contributed by atoms with E-state index in [-0.39, 0.29) is 29.1 Å². The Hall–Kier alpha value is -2.11. The number of hydrogen-bond acceptors (Lipinski definition) is 3. The number of nitrogens with one attached hydrogen (secondary N) is 1. The fraction of sp³-hybridized carbons (Fsp3) is 0.667. The lowest BCUT2D eigenvalue weighted by atomic mass is 10.1. The second-order valence-corrected chi connectivity index (χ2v) is 8.16. The first-order valence-electron chi connectivity index (χ1n) is 10.1. The van der Waals surface area contributed by atoms with Crippen LogP contribution in [0.4, 0.5) is 0 Å². The molecule has 6 heteroatoms. The van der Waals surface area contributed by atoms with Crippen molar-refractivity contribution in [1.82, 2.24) is 14.8 Å². The van der Waals surface area contributed by atoms with Crippen molar-refractivity contribution in [3.8, 4) is 0 Å². The standard InChI is InChI=1S/C21H33N3O3/c1-6-15(4)22-20(26)17-12-24(16-9-7-8-10-16)13-18(19(17)25)21(27)23(5)11-14(2)3/h12-16H,6-11H2,1-5H3,(H,22,26). The number of carbonyl (C=O) groups excluding carboxylic acids is 2. The van der Waals surface area contributed by atoms with Crippen LogP contribution in [0, 0.1) is 5.92 Å². The molecule has 1 aliphatic rings. The lowest BCUT2D eigenvalue weighted by molar-refractivity contribution is 0.0776. The second-order valence-electron chi connectivity index (χ2n) is 8.16. The fourth-order valence-electron chi connectivity index (χ4n) is 3.56. The van der Waals surface area contributed by atoms with Gasteiger partial charge >= 0.3 is 0 Å². The Bertz CT molecular complexity index is 733. The normalized spacial score (nSPS) is 15.8. The van der Waals surface area contributed by atoms with Crippen LogP contribution in [0.2, 0.25) is 0 Å².